The first-order valence-electron chi connectivity index (χ1n) is 5.12. The predicted octanol–water partition coefficient (Wildman–Crippen LogP) is 2.38. The second kappa shape index (κ2) is 6.38. The van der Waals surface area contributed by atoms with E-state index in [0.29, 0.717) is 5.76 Å². The van der Waals surface area contributed by atoms with Gasteiger partial charge in [-0.1, -0.05) is 18.2 Å². The summed E-state index contributed by atoms with van der Waals surface area (Å²) in [7, 11) is 2.90. The molecule has 0 amide bonds. The van der Waals surface area contributed by atoms with Gasteiger partial charge in [-0.05, 0) is 13.3 Å². The molecule has 1 atom stereocenters. The van der Waals surface area contributed by atoms with Crippen LogP contribution in [0.1, 0.15) is 13.3 Å². The highest BCUT2D eigenvalue weighted by Gasteiger charge is 2.40. The molecule has 0 aromatic rings. The number of hydrogen-bond acceptors (Lipinski definition) is 4. The highest BCUT2D eigenvalue weighted by atomic mass is 35.5. The van der Waals surface area contributed by atoms with Crippen LogP contribution in [-0.2, 0) is 9.47 Å². The average Bonchev–Trinajstić information content (AvgIpc) is 2.30. The molecule has 1 heterocycles. The molecule has 0 bridgehead atoms. The van der Waals surface area contributed by atoms with Crippen LogP contribution in [0.5, 0.6) is 0 Å². The second-order valence-electron chi connectivity index (χ2n) is 3.71. The number of rotatable bonds is 2. The first-order chi connectivity index (χ1) is 7.62. The molecular formula is C12H17Cl2NO3. The van der Waals surface area contributed by atoms with Gasteiger partial charge in [0.25, 0.3) is 0 Å². The van der Waals surface area contributed by atoms with E-state index in [1.54, 1.807) is 0 Å². The van der Waals surface area contributed by atoms with E-state index in [1.165, 1.54) is 14.2 Å². The summed E-state index contributed by atoms with van der Waals surface area (Å²) in [5.41, 5.74) is 2.59. The Labute approximate surface area is 119 Å². The van der Waals surface area contributed by atoms with E-state index in [9.17, 15) is 5.11 Å². The third-order valence-corrected chi connectivity index (χ3v) is 2.77. The van der Waals surface area contributed by atoms with Crippen LogP contribution >= 0.6 is 24.8 Å². The fourth-order valence-corrected chi connectivity index (χ4v) is 2.01. The van der Waals surface area contributed by atoms with Gasteiger partial charge in [0.15, 0.2) is 5.76 Å². The summed E-state index contributed by atoms with van der Waals surface area (Å²) in [6.45, 7) is 1.85. The normalized spacial score (nSPS) is 25.3. The largest absolute Gasteiger partial charge is 0.493 e. The van der Waals surface area contributed by atoms with Gasteiger partial charge < -0.3 is 14.6 Å². The molecule has 18 heavy (non-hydrogen) atoms. The lowest BCUT2D eigenvalue weighted by Gasteiger charge is -2.31. The van der Waals surface area contributed by atoms with Crippen LogP contribution in [0.3, 0.4) is 0 Å². The maximum absolute atomic E-state index is 10.2. The number of ether oxygens (including phenoxy) is 2. The van der Waals surface area contributed by atoms with Crippen molar-refractivity contribution in [3.8, 4) is 0 Å². The van der Waals surface area contributed by atoms with Crippen LogP contribution in [-0.4, -0.2) is 30.9 Å². The molecule has 0 fully saturated rings. The van der Waals surface area contributed by atoms with E-state index >= 15 is 0 Å². The van der Waals surface area contributed by atoms with Crippen molar-refractivity contribution < 1.29 is 14.6 Å². The number of allylic oxidation sites excluding steroid dienone is 5. The Morgan fingerprint density at radius 3 is 2.56 bits per heavy atom. The summed E-state index contributed by atoms with van der Waals surface area (Å²) in [6.07, 6.45) is 6.86. The number of aliphatic hydroxyl groups is 1. The lowest BCUT2D eigenvalue weighted by Crippen LogP contribution is -2.37. The maximum atomic E-state index is 10.2. The molecule has 0 saturated heterocycles. The number of halogens is 2. The molecule has 2 aliphatic rings. The predicted molar refractivity (Wildman–Crippen MR) is 75.4 cm³/mol. The van der Waals surface area contributed by atoms with E-state index in [4.69, 9.17) is 9.47 Å². The zero-order valence-corrected chi connectivity index (χ0v) is 12.1. The van der Waals surface area contributed by atoms with Gasteiger partial charge in [0, 0.05) is 24.0 Å². The average molecular weight is 294 g/mol. The van der Waals surface area contributed by atoms with E-state index in [-0.39, 0.29) is 24.8 Å². The SMILES string of the molecule is COC1=C2C=CCC=C2C(C)=NC1(O)OC.Cl.Cl. The molecular weight excluding hydrogens is 277 g/mol. The Bertz CT molecular complexity index is 441. The maximum Gasteiger partial charge on any atom is 0.329 e. The monoisotopic (exact) mass is 293 g/mol. The molecule has 0 aromatic heterocycles. The third kappa shape index (κ3) is 2.62. The fourth-order valence-electron chi connectivity index (χ4n) is 2.01. The van der Waals surface area contributed by atoms with Crippen LogP contribution in [0.25, 0.3) is 0 Å². The Morgan fingerprint density at radius 1 is 1.33 bits per heavy atom. The van der Waals surface area contributed by atoms with Gasteiger partial charge in [-0.2, -0.15) is 0 Å². The molecule has 6 heteroatoms. The minimum Gasteiger partial charge on any atom is -0.493 e. The van der Waals surface area contributed by atoms with Crippen molar-refractivity contribution >= 4 is 30.5 Å². The number of hydrogen-bond donors (Lipinski definition) is 1. The molecule has 0 saturated carbocycles. The summed E-state index contributed by atoms with van der Waals surface area (Å²) in [5.74, 6) is -1.37. The molecule has 0 spiro atoms. The van der Waals surface area contributed by atoms with Gasteiger partial charge in [0.05, 0.1) is 7.11 Å². The van der Waals surface area contributed by atoms with Crippen LogP contribution in [0.4, 0.5) is 0 Å². The van der Waals surface area contributed by atoms with Crippen molar-refractivity contribution in [3.63, 3.8) is 0 Å². The first kappa shape index (κ1) is 17.2. The minimum absolute atomic E-state index is 0. The third-order valence-electron chi connectivity index (χ3n) is 2.77. The van der Waals surface area contributed by atoms with Gasteiger partial charge in [-0.25, -0.2) is 4.99 Å². The Kier molecular flexibility index (Phi) is 6.10. The lowest BCUT2D eigenvalue weighted by atomic mass is 9.92. The van der Waals surface area contributed by atoms with Gasteiger partial charge >= 0.3 is 5.91 Å². The quantitative estimate of drug-likeness (QED) is 0.796. The topological polar surface area (TPSA) is 51.0 Å². The summed E-state index contributed by atoms with van der Waals surface area (Å²) in [6, 6.07) is 0. The van der Waals surface area contributed by atoms with Gasteiger partial charge in [-0.3, -0.25) is 0 Å². The van der Waals surface area contributed by atoms with E-state index < -0.39 is 5.91 Å². The van der Waals surface area contributed by atoms with Crippen molar-refractivity contribution in [2.75, 3.05) is 14.2 Å². The van der Waals surface area contributed by atoms with Gasteiger partial charge in [0.2, 0.25) is 0 Å². The zero-order chi connectivity index (χ0) is 11.8. The smallest absolute Gasteiger partial charge is 0.329 e. The van der Waals surface area contributed by atoms with Crippen LogP contribution in [0, 0.1) is 0 Å². The lowest BCUT2D eigenvalue weighted by molar-refractivity contribution is -0.173. The Morgan fingerprint density at radius 2 is 2.00 bits per heavy atom. The molecule has 0 radical (unpaired) electrons. The molecule has 1 aliphatic carbocycles. The summed E-state index contributed by atoms with van der Waals surface area (Å²) < 4.78 is 10.2. The Balaban J connectivity index is 0.00000144. The first-order valence-corrected chi connectivity index (χ1v) is 5.12. The molecule has 4 nitrogen and oxygen atoms in total. The standard InChI is InChI=1S/C12H15NO3.2ClH/c1-8-9-6-4-5-7-10(9)11(15-2)12(14,13-8)16-3;;/h5-7,14H,4H2,1-3H3;2*1H. The van der Waals surface area contributed by atoms with E-state index in [1.807, 2.05) is 19.1 Å². The molecule has 1 aliphatic heterocycles. The number of nitrogens with zero attached hydrogens (tertiary/aromatic N) is 1. The fraction of sp³-hybridized carbons (Fsp3) is 0.417. The molecule has 0 aromatic carbocycles. The number of methoxy groups -OCH3 is 2. The molecule has 1 N–H and O–H groups in total. The summed E-state index contributed by atoms with van der Waals surface area (Å²) in [4.78, 5) is 4.13. The minimum atomic E-state index is -1.70. The number of dihydropyridines is 1. The van der Waals surface area contributed by atoms with E-state index in [0.717, 1.165) is 23.3 Å². The highest BCUT2D eigenvalue weighted by Crippen LogP contribution is 2.35. The Hall–Kier alpha value is -0.810. The molecule has 2 rings (SSSR count). The van der Waals surface area contributed by atoms with Crippen molar-refractivity contribution in [1.82, 2.24) is 0 Å². The van der Waals surface area contributed by atoms with Crippen molar-refractivity contribution in [3.05, 3.63) is 35.1 Å². The summed E-state index contributed by atoms with van der Waals surface area (Å²) in [5, 5.41) is 10.2. The van der Waals surface area contributed by atoms with Crippen molar-refractivity contribution in [2.24, 2.45) is 4.99 Å². The summed E-state index contributed by atoms with van der Waals surface area (Å²) >= 11 is 0. The highest BCUT2D eigenvalue weighted by molar-refractivity contribution is 6.04. The molecule has 102 valence electrons. The van der Waals surface area contributed by atoms with Crippen LogP contribution in [0.2, 0.25) is 0 Å². The van der Waals surface area contributed by atoms with Gasteiger partial charge in [0.1, 0.15) is 0 Å². The number of fused-ring (bicyclic) bond motifs is 1. The van der Waals surface area contributed by atoms with Gasteiger partial charge in [-0.15, -0.1) is 24.8 Å². The number of aliphatic imine (C=N–C) groups is 1. The second-order valence-corrected chi connectivity index (χ2v) is 3.71. The van der Waals surface area contributed by atoms with E-state index in [2.05, 4.69) is 11.1 Å². The van der Waals surface area contributed by atoms with Crippen LogP contribution in [0.15, 0.2) is 40.1 Å². The van der Waals surface area contributed by atoms with Crippen molar-refractivity contribution in [2.45, 2.75) is 19.3 Å². The molecule has 1 unspecified atom stereocenters. The van der Waals surface area contributed by atoms with Crippen molar-refractivity contribution in [1.29, 1.82) is 0 Å². The van der Waals surface area contributed by atoms with Crippen LogP contribution < -0.4 is 0 Å². The zero-order valence-electron chi connectivity index (χ0n) is 10.5.